The van der Waals surface area contributed by atoms with Crippen molar-refractivity contribution < 1.29 is 19.0 Å². The first-order valence-corrected chi connectivity index (χ1v) is 6.27. The molecule has 0 atom stereocenters. The van der Waals surface area contributed by atoms with Gasteiger partial charge in [-0.05, 0) is 19.1 Å². The lowest BCUT2D eigenvalue weighted by Crippen LogP contribution is -2.15. The number of benzene rings is 1. The second-order valence-electron chi connectivity index (χ2n) is 4.10. The topological polar surface area (TPSA) is 75.5 Å². The highest BCUT2D eigenvalue weighted by atomic mass is 16.6. The van der Waals surface area contributed by atoms with Gasteiger partial charge in [0.15, 0.2) is 17.2 Å². The molecule has 20 heavy (non-hydrogen) atoms. The molecule has 2 heterocycles. The van der Waals surface area contributed by atoms with E-state index in [1.165, 1.54) is 10.9 Å². The van der Waals surface area contributed by atoms with Gasteiger partial charge in [-0.1, -0.05) is 5.21 Å². The molecular weight excluding hydrogens is 262 g/mol. The van der Waals surface area contributed by atoms with Crippen molar-refractivity contribution >= 4 is 5.97 Å². The van der Waals surface area contributed by atoms with Crippen LogP contribution in [0.2, 0.25) is 0 Å². The first kappa shape index (κ1) is 12.5. The number of aromatic nitrogens is 3. The van der Waals surface area contributed by atoms with Gasteiger partial charge in [-0.2, -0.15) is 0 Å². The molecule has 0 radical (unpaired) electrons. The van der Waals surface area contributed by atoms with E-state index in [2.05, 4.69) is 10.3 Å². The lowest BCUT2D eigenvalue weighted by atomic mass is 10.2. The summed E-state index contributed by atoms with van der Waals surface area (Å²) in [7, 11) is 0. The van der Waals surface area contributed by atoms with E-state index >= 15 is 0 Å². The molecule has 0 saturated carbocycles. The van der Waals surface area contributed by atoms with Gasteiger partial charge in [0.05, 0.1) is 18.5 Å². The summed E-state index contributed by atoms with van der Waals surface area (Å²) in [5, 5.41) is 7.70. The lowest BCUT2D eigenvalue weighted by molar-refractivity contribution is 0.0519. The first-order chi connectivity index (χ1) is 9.78. The summed E-state index contributed by atoms with van der Waals surface area (Å²) < 4.78 is 17.3. The van der Waals surface area contributed by atoms with Crippen LogP contribution in [0.15, 0.2) is 24.4 Å². The number of fused-ring (bicyclic) bond motifs is 1. The SMILES string of the molecule is CCOC(=O)c1cn(-c2ccc3c(c2)OCCO3)nn1. The van der Waals surface area contributed by atoms with Gasteiger partial charge in [-0.3, -0.25) is 0 Å². The van der Waals surface area contributed by atoms with E-state index in [-0.39, 0.29) is 5.69 Å². The van der Waals surface area contributed by atoms with Crippen LogP contribution in [-0.4, -0.2) is 40.8 Å². The van der Waals surface area contributed by atoms with Crippen LogP contribution in [0.3, 0.4) is 0 Å². The standard InChI is InChI=1S/C13H13N3O4/c1-2-18-13(17)10-8-16(15-14-10)9-3-4-11-12(7-9)20-6-5-19-11/h3-4,7-8H,2,5-6H2,1H3. The molecular formula is C13H13N3O4. The fourth-order valence-electron chi connectivity index (χ4n) is 1.86. The van der Waals surface area contributed by atoms with Gasteiger partial charge >= 0.3 is 5.97 Å². The van der Waals surface area contributed by atoms with Crippen LogP contribution in [0.5, 0.6) is 11.5 Å². The molecule has 7 heteroatoms. The van der Waals surface area contributed by atoms with Crippen LogP contribution < -0.4 is 9.47 Å². The quantitative estimate of drug-likeness (QED) is 0.784. The Labute approximate surface area is 115 Å². The van der Waals surface area contributed by atoms with Crippen molar-refractivity contribution in [1.29, 1.82) is 0 Å². The molecule has 1 aromatic heterocycles. The van der Waals surface area contributed by atoms with E-state index in [0.717, 1.165) is 5.69 Å². The van der Waals surface area contributed by atoms with E-state index in [1.807, 2.05) is 6.07 Å². The molecule has 0 saturated heterocycles. The molecule has 2 aromatic rings. The maximum Gasteiger partial charge on any atom is 0.360 e. The number of hydrogen-bond acceptors (Lipinski definition) is 6. The fourth-order valence-corrected chi connectivity index (χ4v) is 1.86. The molecule has 1 aliphatic heterocycles. The third kappa shape index (κ3) is 2.29. The maximum absolute atomic E-state index is 11.5. The van der Waals surface area contributed by atoms with E-state index < -0.39 is 5.97 Å². The number of esters is 1. The highest BCUT2D eigenvalue weighted by Crippen LogP contribution is 2.31. The minimum Gasteiger partial charge on any atom is -0.486 e. The Balaban J connectivity index is 1.87. The molecule has 1 aromatic carbocycles. The molecule has 0 unspecified atom stereocenters. The third-order valence-electron chi connectivity index (χ3n) is 2.77. The summed E-state index contributed by atoms with van der Waals surface area (Å²) in [6.45, 7) is 3.10. The molecule has 0 amide bonds. The number of ether oxygens (including phenoxy) is 3. The summed E-state index contributed by atoms with van der Waals surface area (Å²) in [6, 6.07) is 5.41. The van der Waals surface area contributed by atoms with Crippen LogP contribution in [0.25, 0.3) is 5.69 Å². The Kier molecular flexibility index (Phi) is 3.24. The van der Waals surface area contributed by atoms with Crippen molar-refractivity contribution in [3.8, 4) is 17.2 Å². The van der Waals surface area contributed by atoms with Crippen LogP contribution in [-0.2, 0) is 4.74 Å². The highest BCUT2D eigenvalue weighted by Gasteiger charge is 2.15. The van der Waals surface area contributed by atoms with Crippen LogP contribution in [0.1, 0.15) is 17.4 Å². The second-order valence-corrected chi connectivity index (χ2v) is 4.10. The summed E-state index contributed by atoms with van der Waals surface area (Å²) in [4.78, 5) is 11.5. The fraction of sp³-hybridized carbons (Fsp3) is 0.308. The summed E-state index contributed by atoms with van der Waals surface area (Å²) in [5.41, 5.74) is 0.902. The molecule has 0 N–H and O–H groups in total. The van der Waals surface area contributed by atoms with Crippen molar-refractivity contribution in [3.63, 3.8) is 0 Å². The van der Waals surface area contributed by atoms with E-state index in [9.17, 15) is 4.79 Å². The second kappa shape index (κ2) is 5.20. The zero-order valence-corrected chi connectivity index (χ0v) is 10.9. The van der Waals surface area contributed by atoms with E-state index in [4.69, 9.17) is 14.2 Å². The molecule has 0 bridgehead atoms. The zero-order chi connectivity index (χ0) is 13.9. The zero-order valence-electron chi connectivity index (χ0n) is 10.9. The average Bonchev–Trinajstić information content (AvgIpc) is 2.97. The number of carbonyl (C=O) groups excluding carboxylic acids is 1. The van der Waals surface area contributed by atoms with Crippen LogP contribution in [0.4, 0.5) is 0 Å². The smallest absolute Gasteiger partial charge is 0.360 e. The molecule has 0 aliphatic carbocycles. The van der Waals surface area contributed by atoms with Gasteiger partial charge < -0.3 is 14.2 Å². The van der Waals surface area contributed by atoms with E-state index in [1.54, 1.807) is 19.1 Å². The maximum atomic E-state index is 11.5. The minimum atomic E-state index is -0.490. The molecule has 0 spiro atoms. The normalized spacial score (nSPS) is 13.1. The van der Waals surface area contributed by atoms with Crippen molar-refractivity contribution in [2.24, 2.45) is 0 Å². The monoisotopic (exact) mass is 275 g/mol. The summed E-state index contributed by atoms with van der Waals surface area (Å²) >= 11 is 0. The molecule has 1 aliphatic rings. The predicted molar refractivity (Wildman–Crippen MR) is 68.3 cm³/mol. The van der Waals surface area contributed by atoms with Gasteiger partial charge in [0.1, 0.15) is 13.2 Å². The summed E-state index contributed by atoms with van der Waals surface area (Å²) in [5.74, 6) is 0.865. The van der Waals surface area contributed by atoms with Crippen LogP contribution >= 0.6 is 0 Å². The van der Waals surface area contributed by atoms with E-state index in [0.29, 0.717) is 31.3 Å². The molecule has 0 fully saturated rings. The Morgan fingerprint density at radius 3 is 2.95 bits per heavy atom. The Hall–Kier alpha value is -2.57. The van der Waals surface area contributed by atoms with Crippen molar-refractivity contribution in [1.82, 2.24) is 15.0 Å². The molecule has 3 rings (SSSR count). The van der Waals surface area contributed by atoms with Gasteiger partial charge in [-0.15, -0.1) is 5.10 Å². The lowest BCUT2D eigenvalue weighted by Gasteiger charge is -2.18. The van der Waals surface area contributed by atoms with Gasteiger partial charge in [-0.25, -0.2) is 9.48 Å². The average molecular weight is 275 g/mol. The molecule has 7 nitrogen and oxygen atoms in total. The number of carbonyl (C=O) groups is 1. The van der Waals surface area contributed by atoms with Gasteiger partial charge in [0, 0.05) is 6.07 Å². The molecule has 104 valence electrons. The Bertz CT molecular complexity index is 638. The van der Waals surface area contributed by atoms with Crippen molar-refractivity contribution in [2.45, 2.75) is 6.92 Å². The third-order valence-corrected chi connectivity index (χ3v) is 2.77. The largest absolute Gasteiger partial charge is 0.486 e. The van der Waals surface area contributed by atoms with Crippen LogP contribution in [0, 0.1) is 0 Å². The number of rotatable bonds is 3. The Morgan fingerprint density at radius 2 is 2.15 bits per heavy atom. The highest BCUT2D eigenvalue weighted by molar-refractivity contribution is 5.86. The number of nitrogens with zero attached hydrogens (tertiary/aromatic N) is 3. The predicted octanol–water partition coefficient (Wildman–Crippen LogP) is 1.22. The van der Waals surface area contributed by atoms with Crippen molar-refractivity contribution in [3.05, 3.63) is 30.1 Å². The minimum absolute atomic E-state index is 0.168. The number of hydrogen-bond donors (Lipinski definition) is 0. The summed E-state index contributed by atoms with van der Waals surface area (Å²) in [6.07, 6.45) is 1.52. The van der Waals surface area contributed by atoms with Gasteiger partial charge in [0.25, 0.3) is 0 Å². The van der Waals surface area contributed by atoms with Gasteiger partial charge in [0.2, 0.25) is 0 Å². The first-order valence-electron chi connectivity index (χ1n) is 6.27. The Morgan fingerprint density at radius 1 is 1.35 bits per heavy atom. The van der Waals surface area contributed by atoms with Crippen molar-refractivity contribution in [2.75, 3.05) is 19.8 Å².